The Morgan fingerprint density at radius 2 is 1.61 bits per heavy atom. The number of nitrogens with one attached hydrogen (secondary N) is 1. The van der Waals surface area contributed by atoms with E-state index >= 15 is 0 Å². The van der Waals surface area contributed by atoms with E-state index in [2.05, 4.69) is 11.9 Å². The van der Waals surface area contributed by atoms with E-state index in [9.17, 15) is 4.79 Å². The lowest BCUT2D eigenvalue weighted by Gasteiger charge is -2.46. The number of amides is 1. The zero-order valence-corrected chi connectivity index (χ0v) is 17.6. The minimum absolute atomic E-state index is 0.0426. The van der Waals surface area contributed by atoms with Crippen molar-refractivity contribution in [2.45, 2.75) is 12.6 Å². The Morgan fingerprint density at radius 3 is 2.42 bits per heavy atom. The number of ether oxygens (including phenoxy) is 2. The predicted octanol–water partition coefficient (Wildman–Crippen LogP) is 5.07. The third-order valence-corrected chi connectivity index (χ3v) is 5.40. The molecule has 0 saturated carbocycles. The molecule has 1 unspecified atom stereocenters. The molecule has 1 heterocycles. The summed E-state index contributed by atoms with van der Waals surface area (Å²) in [6.07, 6.45) is 1.74. The molecular formula is C26H26N2O3. The summed E-state index contributed by atoms with van der Waals surface area (Å²) in [6.45, 7) is 7.05. The van der Waals surface area contributed by atoms with Crippen LogP contribution in [0.3, 0.4) is 0 Å². The van der Waals surface area contributed by atoms with E-state index in [1.807, 2.05) is 85.8 Å². The molecule has 1 aliphatic heterocycles. The summed E-state index contributed by atoms with van der Waals surface area (Å²) in [6, 6.07) is 25.0. The number of hydrogen-bond acceptors (Lipinski definition) is 4. The zero-order chi connectivity index (χ0) is 21.7. The molecule has 4 rings (SSSR count). The van der Waals surface area contributed by atoms with E-state index < -0.39 is 5.66 Å². The van der Waals surface area contributed by atoms with Crippen molar-refractivity contribution < 1.29 is 14.3 Å². The highest BCUT2D eigenvalue weighted by Gasteiger charge is 2.43. The minimum atomic E-state index is -0.795. The highest BCUT2D eigenvalue weighted by atomic mass is 16.5. The fraction of sp³-hybridized carbons (Fsp3) is 0.192. The highest BCUT2D eigenvalue weighted by Crippen LogP contribution is 2.41. The Bertz CT molecular complexity index is 1070. The van der Waals surface area contributed by atoms with Gasteiger partial charge >= 0.3 is 0 Å². The monoisotopic (exact) mass is 414 g/mol. The predicted molar refractivity (Wildman–Crippen MR) is 123 cm³/mol. The van der Waals surface area contributed by atoms with Crippen LogP contribution in [0.1, 0.15) is 22.8 Å². The van der Waals surface area contributed by atoms with E-state index in [4.69, 9.17) is 9.47 Å². The lowest BCUT2D eigenvalue weighted by molar-refractivity contribution is 0.0565. The summed E-state index contributed by atoms with van der Waals surface area (Å²) in [4.78, 5) is 15.1. The maximum absolute atomic E-state index is 13.3. The van der Waals surface area contributed by atoms with Crippen LogP contribution < -0.4 is 14.8 Å². The first-order valence-corrected chi connectivity index (χ1v) is 10.3. The first-order chi connectivity index (χ1) is 15.1. The van der Waals surface area contributed by atoms with Crippen LogP contribution in [0.5, 0.6) is 11.5 Å². The normalized spacial score (nSPS) is 17.5. The molecule has 0 bridgehead atoms. The molecule has 0 aliphatic carbocycles. The summed E-state index contributed by atoms with van der Waals surface area (Å²) in [5, 5.41) is 3.56. The second-order valence-corrected chi connectivity index (χ2v) is 7.45. The molecule has 0 saturated heterocycles. The van der Waals surface area contributed by atoms with Gasteiger partial charge in [0.25, 0.3) is 5.91 Å². The molecule has 0 radical (unpaired) electrons. The second kappa shape index (κ2) is 8.96. The summed E-state index contributed by atoms with van der Waals surface area (Å²) >= 11 is 0. The van der Waals surface area contributed by atoms with Gasteiger partial charge in [0.05, 0.1) is 5.56 Å². The van der Waals surface area contributed by atoms with Gasteiger partial charge in [-0.05, 0) is 37.3 Å². The summed E-state index contributed by atoms with van der Waals surface area (Å²) in [5.74, 6) is 1.47. The number of carbonyl (C=O) groups excluding carboxylic acids is 1. The molecule has 0 aromatic heterocycles. The molecule has 1 amide bonds. The summed E-state index contributed by atoms with van der Waals surface area (Å²) in [7, 11) is 0. The van der Waals surface area contributed by atoms with Crippen molar-refractivity contribution in [2.75, 3.05) is 25.1 Å². The Hall–Kier alpha value is -3.73. The molecule has 1 atom stereocenters. The topological polar surface area (TPSA) is 50.8 Å². The fourth-order valence-electron chi connectivity index (χ4n) is 3.89. The number of benzene rings is 3. The van der Waals surface area contributed by atoms with Crippen molar-refractivity contribution in [1.29, 1.82) is 0 Å². The molecule has 3 aromatic carbocycles. The van der Waals surface area contributed by atoms with Crippen molar-refractivity contribution in [1.82, 2.24) is 4.90 Å². The van der Waals surface area contributed by atoms with Crippen LogP contribution in [0.4, 0.5) is 5.69 Å². The van der Waals surface area contributed by atoms with Crippen LogP contribution >= 0.6 is 0 Å². The van der Waals surface area contributed by atoms with Gasteiger partial charge in [-0.2, -0.15) is 0 Å². The van der Waals surface area contributed by atoms with Crippen molar-refractivity contribution in [3.63, 3.8) is 0 Å². The van der Waals surface area contributed by atoms with Crippen LogP contribution in [0, 0.1) is 0 Å². The standard InChI is InChI=1S/C26H26N2O3/c1-3-17-28-25(29)21-13-7-9-15-23(21)27-26(28,2)22-14-8-10-16-24(22)31-19-18-30-20-11-5-4-6-12-20/h3-16,27H,1,17-19H2,2H3. The van der Waals surface area contributed by atoms with Gasteiger partial charge in [-0.25, -0.2) is 0 Å². The fourth-order valence-corrected chi connectivity index (χ4v) is 3.89. The second-order valence-electron chi connectivity index (χ2n) is 7.45. The molecule has 31 heavy (non-hydrogen) atoms. The average molecular weight is 415 g/mol. The Balaban J connectivity index is 1.59. The van der Waals surface area contributed by atoms with Crippen LogP contribution in [-0.2, 0) is 5.66 Å². The quantitative estimate of drug-likeness (QED) is 0.413. The van der Waals surface area contributed by atoms with Crippen LogP contribution in [0.25, 0.3) is 0 Å². The number of anilines is 1. The molecule has 5 heteroatoms. The molecule has 1 aliphatic rings. The number of carbonyl (C=O) groups is 1. The van der Waals surface area contributed by atoms with Crippen molar-refractivity contribution >= 4 is 11.6 Å². The third-order valence-electron chi connectivity index (χ3n) is 5.40. The average Bonchev–Trinajstić information content (AvgIpc) is 2.80. The maximum Gasteiger partial charge on any atom is 0.258 e. The lowest BCUT2D eigenvalue weighted by atomic mass is 9.92. The molecular weight excluding hydrogens is 388 g/mol. The lowest BCUT2D eigenvalue weighted by Crippen LogP contribution is -2.56. The highest BCUT2D eigenvalue weighted by molar-refractivity contribution is 6.02. The van der Waals surface area contributed by atoms with Crippen LogP contribution in [0.15, 0.2) is 91.5 Å². The van der Waals surface area contributed by atoms with E-state index in [0.717, 1.165) is 17.0 Å². The number of rotatable bonds is 8. The molecule has 0 spiro atoms. The maximum atomic E-state index is 13.3. The summed E-state index contributed by atoms with van der Waals surface area (Å²) in [5.41, 5.74) is 1.53. The van der Waals surface area contributed by atoms with Crippen LogP contribution in [-0.4, -0.2) is 30.6 Å². The molecule has 5 nitrogen and oxygen atoms in total. The third kappa shape index (κ3) is 4.12. The Labute approximate surface area is 182 Å². The molecule has 0 fully saturated rings. The van der Waals surface area contributed by atoms with Gasteiger partial charge in [0.15, 0.2) is 0 Å². The van der Waals surface area contributed by atoms with Crippen molar-refractivity contribution in [3.05, 3.63) is 103 Å². The van der Waals surface area contributed by atoms with Crippen molar-refractivity contribution in [2.24, 2.45) is 0 Å². The van der Waals surface area contributed by atoms with Gasteiger partial charge in [-0.1, -0.05) is 54.6 Å². The Kier molecular flexibility index (Phi) is 5.94. The van der Waals surface area contributed by atoms with E-state index in [0.29, 0.717) is 31.1 Å². The van der Waals surface area contributed by atoms with Gasteiger partial charge in [0, 0.05) is 17.8 Å². The van der Waals surface area contributed by atoms with Gasteiger partial charge in [0.2, 0.25) is 0 Å². The molecule has 1 N–H and O–H groups in total. The summed E-state index contributed by atoms with van der Waals surface area (Å²) < 4.78 is 11.8. The number of hydrogen-bond donors (Lipinski definition) is 1. The smallest absolute Gasteiger partial charge is 0.258 e. The molecule has 158 valence electrons. The number of para-hydroxylation sites is 3. The first kappa shape index (κ1) is 20.5. The number of nitrogens with zero attached hydrogens (tertiary/aromatic N) is 1. The van der Waals surface area contributed by atoms with E-state index in [1.165, 1.54) is 0 Å². The van der Waals surface area contributed by atoms with Crippen molar-refractivity contribution in [3.8, 4) is 11.5 Å². The van der Waals surface area contributed by atoms with Gasteiger partial charge in [-0.3, -0.25) is 4.79 Å². The van der Waals surface area contributed by atoms with Gasteiger partial charge < -0.3 is 19.7 Å². The SMILES string of the molecule is C=CCN1C(=O)c2ccccc2NC1(C)c1ccccc1OCCOc1ccccc1. The minimum Gasteiger partial charge on any atom is -0.490 e. The Morgan fingerprint density at radius 1 is 0.935 bits per heavy atom. The number of fused-ring (bicyclic) bond motifs is 1. The van der Waals surface area contributed by atoms with E-state index in [1.54, 1.807) is 11.0 Å². The first-order valence-electron chi connectivity index (χ1n) is 10.3. The van der Waals surface area contributed by atoms with Gasteiger partial charge in [0.1, 0.15) is 30.4 Å². The van der Waals surface area contributed by atoms with Gasteiger partial charge in [-0.15, -0.1) is 6.58 Å². The van der Waals surface area contributed by atoms with Crippen LogP contribution in [0.2, 0.25) is 0 Å². The largest absolute Gasteiger partial charge is 0.490 e. The molecule has 3 aromatic rings. The van der Waals surface area contributed by atoms with E-state index in [-0.39, 0.29) is 5.91 Å². The zero-order valence-electron chi connectivity index (χ0n) is 17.6.